The molecule has 0 aromatic heterocycles. The lowest BCUT2D eigenvalue weighted by molar-refractivity contribution is 0.0741. The number of aryl methyl sites for hydroxylation is 1. The van der Waals surface area contributed by atoms with Gasteiger partial charge < -0.3 is 10.6 Å². The molecule has 0 fully saturated rings. The Morgan fingerprint density at radius 3 is 2.60 bits per heavy atom. The van der Waals surface area contributed by atoms with Gasteiger partial charge in [-0.05, 0) is 30.5 Å². The first-order valence-corrected chi connectivity index (χ1v) is 7.43. The first-order chi connectivity index (χ1) is 9.31. The van der Waals surface area contributed by atoms with E-state index in [9.17, 15) is 4.79 Å². The Labute approximate surface area is 131 Å². The molecular formula is C15H21ClN2OS. The smallest absolute Gasteiger partial charge is 0.253 e. The SMILES string of the molecule is Cc1ccc(C(=O)N(CCC(N)=S)CC(C)C)cc1Cl. The molecule has 2 N–H and O–H groups in total. The van der Waals surface area contributed by atoms with Crippen molar-refractivity contribution in [3.63, 3.8) is 0 Å². The van der Waals surface area contributed by atoms with Crippen LogP contribution in [0.2, 0.25) is 5.02 Å². The summed E-state index contributed by atoms with van der Waals surface area (Å²) in [6, 6.07) is 5.38. The van der Waals surface area contributed by atoms with Crippen molar-refractivity contribution in [3.05, 3.63) is 34.3 Å². The van der Waals surface area contributed by atoms with Crippen LogP contribution in [0, 0.1) is 12.8 Å². The van der Waals surface area contributed by atoms with Crippen molar-refractivity contribution >= 4 is 34.7 Å². The molecule has 0 bridgehead atoms. The molecule has 0 saturated heterocycles. The Kier molecular flexibility index (Phi) is 6.43. The molecule has 0 unspecified atom stereocenters. The largest absolute Gasteiger partial charge is 0.393 e. The number of rotatable bonds is 6. The van der Waals surface area contributed by atoms with Crippen molar-refractivity contribution in [1.82, 2.24) is 4.90 Å². The Hall–Kier alpha value is -1.13. The summed E-state index contributed by atoms with van der Waals surface area (Å²) in [5, 5.41) is 0.606. The van der Waals surface area contributed by atoms with Crippen molar-refractivity contribution in [2.24, 2.45) is 11.7 Å². The quantitative estimate of drug-likeness (QED) is 0.819. The van der Waals surface area contributed by atoms with E-state index in [1.165, 1.54) is 0 Å². The summed E-state index contributed by atoms with van der Waals surface area (Å²) in [5.74, 6) is 0.350. The maximum Gasteiger partial charge on any atom is 0.253 e. The van der Waals surface area contributed by atoms with Crippen LogP contribution in [0.25, 0.3) is 0 Å². The number of carbonyl (C=O) groups excluding carboxylic acids is 1. The number of halogens is 1. The van der Waals surface area contributed by atoms with E-state index in [0.29, 0.717) is 41.0 Å². The monoisotopic (exact) mass is 312 g/mol. The molecule has 0 atom stereocenters. The number of hydrogen-bond donors (Lipinski definition) is 1. The van der Waals surface area contributed by atoms with Crippen molar-refractivity contribution in [2.75, 3.05) is 13.1 Å². The van der Waals surface area contributed by atoms with E-state index in [1.807, 2.05) is 13.0 Å². The van der Waals surface area contributed by atoms with Gasteiger partial charge in [0.1, 0.15) is 0 Å². The van der Waals surface area contributed by atoms with Gasteiger partial charge in [-0.1, -0.05) is 43.7 Å². The highest BCUT2D eigenvalue weighted by atomic mass is 35.5. The molecule has 0 radical (unpaired) electrons. The molecule has 0 spiro atoms. The highest BCUT2D eigenvalue weighted by Crippen LogP contribution is 2.18. The van der Waals surface area contributed by atoms with Gasteiger partial charge in [0.05, 0.1) is 4.99 Å². The summed E-state index contributed by atoms with van der Waals surface area (Å²) >= 11 is 11.0. The van der Waals surface area contributed by atoms with E-state index in [-0.39, 0.29) is 5.91 Å². The van der Waals surface area contributed by atoms with Gasteiger partial charge in [0.15, 0.2) is 0 Å². The Bertz CT molecular complexity index is 503. The Morgan fingerprint density at radius 1 is 1.45 bits per heavy atom. The fourth-order valence-electron chi connectivity index (χ4n) is 1.87. The van der Waals surface area contributed by atoms with Crippen molar-refractivity contribution in [2.45, 2.75) is 27.2 Å². The Morgan fingerprint density at radius 2 is 2.10 bits per heavy atom. The van der Waals surface area contributed by atoms with E-state index >= 15 is 0 Å². The molecule has 0 aliphatic heterocycles. The number of hydrogen-bond acceptors (Lipinski definition) is 2. The number of benzene rings is 1. The lowest BCUT2D eigenvalue weighted by Gasteiger charge is -2.24. The molecule has 1 amide bonds. The molecule has 0 saturated carbocycles. The maximum atomic E-state index is 12.5. The summed E-state index contributed by atoms with van der Waals surface area (Å²) in [4.78, 5) is 14.7. The molecule has 1 aromatic rings. The molecule has 1 aromatic carbocycles. The van der Waals surface area contributed by atoms with E-state index in [1.54, 1.807) is 17.0 Å². The van der Waals surface area contributed by atoms with Crippen molar-refractivity contribution < 1.29 is 4.79 Å². The predicted octanol–water partition coefficient (Wildman–Crippen LogP) is 3.42. The van der Waals surface area contributed by atoms with E-state index in [2.05, 4.69) is 13.8 Å². The first kappa shape index (κ1) is 16.9. The second-order valence-corrected chi connectivity index (χ2v) is 6.26. The third-order valence-electron chi connectivity index (χ3n) is 2.92. The normalized spacial score (nSPS) is 10.7. The zero-order valence-electron chi connectivity index (χ0n) is 12.1. The van der Waals surface area contributed by atoms with E-state index < -0.39 is 0 Å². The fourth-order valence-corrected chi connectivity index (χ4v) is 2.14. The second-order valence-electron chi connectivity index (χ2n) is 5.33. The predicted molar refractivity (Wildman–Crippen MR) is 88.3 cm³/mol. The first-order valence-electron chi connectivity index (χ1n) is 6.65. The molecule has 5 heteroatoms. The van der Waals surface area contributed by atoms with Crippen LogP contribution in [0.5, 0.6) is 0 Å². The van der Waals surface area contributed by atoms with E-state index in [0.717, 1.165) is 5.56 Å². The number of carbonyl (C=O) groups is 1. The summed E-state index contributed by atoms with van der Waals surface area (Å²) in [7, 11) is 0. The average molecular weight is 313 g/mol. The highest BCUT2D eigenvalue weighted by Gasteiger charge is 2.17. The summed E-state index contributed by atoms with van der Waals surface area (Å²) in [5.41, 5.74) is 7.09. The van der Waals surface area contributed by atoms with Gasteiger partial charge in [0.2, 0.25) is 0 Å². The van der Waals surface area contributed by atoms with Gasteiger partial charge in [-0.3, -0.25) is 4.79 Å². The second kappa shape index (κ2) is 7.60. The number of nitrogens with two attached hydrogens (primary N) is 1. The lowest BCUT2D eigenvalue weighted by Crippen LogP contribution is -2.36. The van der Waals surface area contributed by atoms with Crippen LogP contribution in [0.1, 0.15) is 36.2 Å². The van der Waals surface area contributed by atoms with Crippen LogP contribution in [0.3, 0.4) is 0 Å². The third-order valence-corrected chi connectivity index (χ3v) is 3.53. The van der Waals surface area contributed by atoms with Gasteiger partial charge >= 0.3 is 0 Å². The number of amides is 1. The molecule has 1 rings (SSSR count). The standard InChI is InChI=1S/C15H21ClN2OS/c1-10(2)9-18(7-6-14(17)20)15(19)12-5-4-11(3)13(16)8-12/h4-5,8,10H,6-7,9H2,1-3H3,(H2,17,20). The summed E-state index contributed by atoms with van der Waals surface area (Å²) < 4.78 is 0. The maximum absolute atomic E-state index is 12.5. The topological polar surface area (TPSA) is 46.3 Å². The van der Waals surface area contributed by atoms with Gasteiger partial charge in [-0.15, -0.1) is 0 Å². The minimum absolute atomic E-state index is 0.0307. The van der Waals surface area contributed by atoms with Crippen molar-refractivity contribution in [1.29, 1.82) is 0 Å². The average Bonchev–Trinajstić information content (AvgIpc) is 2.36. The van der Waals surface area contributed by atoms with Gasteiger partial charge in [-0.25, -0.2) is 0 Å². The zero-order chi connectivity index (χ0) is 15.3. The van der Waals surface area contributed by atoms with Crippen molar-refractivity contribution in [3.8, 4) is 0 Å². The van der Waals surface area contributed by atoms with Crippen LogP contribution in [-0.2, 0) is 0 Å². The highest BCUT2D eigenvalue weighted by molar-refractivity contribution is 7.80. The van der Waals surface area contributed by atoms with E-state index in [4.69, 9.17) is 29.6 Å². The molecule has 0 aliphatic rings. The minimum Gasteiger partial charge on any atom is -0.393 e. The fraction of sp³-hybridized carbons (Fsp3) is 0.467. The number of thiocarbonyl (C=S) groups is 1. The minimum atomic E-state index is -0.0307. The third kappa shape index (κ3) is 5.10. The molecule has 110 valence electrons. The molecule has 0 heterocycles. The summed E-state index contributed by atoms with van der Waals surface area (Å²) in [6.45, 7) is 7.27. The molecule has 20 heavy (non-hydrogen) atoms. The lowest BCUT2D eigenvalue weighted by atomic mass is 10.1. The van der Waals surface area contributed by atoms with Gasteiger partial charge in [0, 0.05) is 30.1 Å². The molecular weight excluding hydrogens is 292 g/mol. The number of nitrogens with zero attached hydrogens (tertiary/aromatic N) is 1. The molecule has 3 nitrogen and oxygen atoms in total. The zero-order valence-corrected chi connectivity index (χ0v) is 13.7. The summed E-state index contributed by atoms with van der Waals surface area (Å²) in [6.07, 6.45) is 0.535. The van der Waals surface area contributed by atoms with Crippen LogP contribution in [0.15, 0.2) is 18.2 Å². The van der Waals surface area contributed by atoms with Crippen LogP contribution in [-0.4, -0.2) is 28.9 Å². The van der Waals surface area contributed by atoms with Gasteiger partial charge in [0.25, 0.3) is 5.91 Å². The van der Waals surface area contributed by atoms with Crippen LogP contribution in [0.4, 0.5) is 0 Å². The Balaban J connectivity index is 2.90. The van der Waals surface area contributed by atoms with Crippen LogP contribution >= 0.6 is 23.8 Å². The van der Waals surface area contributed by atoms with Gasteiger partial charge in [-0.2, -0.15) is 0 Å². The molecule has 0 aliphatic carbocycles. The van der Waals surface area contributed by atoms with Crippen LogP contribution < -0.4 is 5.73 Å².